The molecule has 3 heterocycles. The van der Waals surface area contributed by atoms with Crippen LogP contribution in [0.4, 0.5) is 11.8 Å². The Morgan fingerprint density at radius 2 is 2.00 bits per heavy atom. The first kappa shape index (κ1) is 30.5. The predicted molar refractivity (Wildman–Crippen MR) is 151 cm³/mol. The molecule has 41 heavy (non-hydrogen) atoms. The van der Waals surface area contributed by atoms with Gasteiger partial charge >= 0.3 is 13.5 Å². The number of anilines is 2. The molecule has 0 saturated carbocycles. The van der Waals surface area contributed by atoms with Crippen LogP contribution >= 0.6 is 7.52 Å². The van der Waals surface area contributed by atoms with Crippen LogP contribution in [0, 0.1) is 0 Å². The Morgan fingerprint density at radius 1 is 1.22 bits per heavy atom. The van der Waals surface area contributed by atoms with E-state index in [9.17, 15) is 14.2 Å². The van der Waals surface area contributed by atoms with Gasteiger partial charge in [-0.2, -0.15) is 9.97 Å². The molecule has 1 aliphatic rings. The summed E-state index contributed by atoms with van der Waals surface area (Å²) in [5, 5.41) is 5.94. The first-order chi connectivity index (χ1) is 19.7. The zero-order valence-corrected chi connectivity index (χ0v) is 24.2. The maximum Gasteiger partial charge on any atom is 0.323 e. The summed E-state index contributed by atoms with van der Waals surface area (Å²) < 4.78 is 38.2. The lowest BCUT2D eigenvalue weighted by atomic mass is 10.2. The molecule has 4 rings (SSSR count). The van der Waals surface area contributed by atoms with E-state index in [0.29, 0.717) is 22.9 Å². The molecular weight excluding hydrogens is 553 g/mol. The summed E-state index contributed by atoms with van der Waals surface area (Å²) in [6, 6.07) is 7.63. The van der Waals surface area contributed by atoms with Gasteiger partial charge in [0.05, 0.1) is 24.8 Å². The van der Waals surface area contributed by atoms with Crippen molar-refractivity contribution < 1.29 is 32.9 Å². The predicted octanol–water partition coefficient (Wildman–Crippen LogP) is 2.88. The maximum absolute atomic E-state index is 13.9. The van der Waals surface area contributed by atoms with Crippen molar-refractivity contribution in [2.75, 3.05) is 30.9 Å². The monoisotopic (exact) mass is 589 g/mol. The van der Waals surface area contributed by atoms with Crippen LogP contribution in [0.5, 0.6) is 0 Å². The highest BCUT2D eigenvalue weighted by atomic mass is 31.2. The number of nitrogen functional groups attached to an aromatic ring is 1. The molecule has 15 heteroatoms. The fourth-order valence-electron chi connectivity index (χ4n) is 4.19. The topological polar surface area (TPSA) is 182 Å². The number of amides is 1. The van der Waals surface area contributed by atoms with E-state index in [0.717, 1.165) is 19.3 Å². The molecule has 0 radical (unpaired) electrons. The van der Waals surface area contributed by atoms with Gasteiger partial charge in [-0.3, -0.25) is 18.7 Å². The quantitative estimate of drug-likeness (QED) is 0.142. The number of unbranched alkanes of at least 4 members (excludes halogenated alkanes) is 2. The van der Waals surface area contributed by atoms with E-state index >= 15 is 0 Å². The summed E-state index contributed by atoms with van der Waals surface area (Å²) in [4.78, 5) is 37.4. The largest absolute Gasteiger partial charge is 0.465 e. The summed E-state index contributed by atoms with van der Waals surface area (Å²) in [7, 11) is -3.72. The molecule has 0 spiro atoms. The number of carbonyl (C=O) groups excluding carboxylic acids is 2. The van der Waals surface area contributed by atoms with Gasteiger partial charge in [0.25, 0.3) is 0 Å². The second kappa shape index (κ2) is 14.0. The molecule has 0 aliphatic carbocycles. The van der Waals surface area contributed by atoms with Crippen LogP contribution in [0.2, 0.25) is 0 Å². The van der Waals surface area contributed by atoms with Crippen LogP contribution < -0.4 is 21.4 Å². The average Bonchev–Trinajstić information content (AvgIpc) is 3.60. The maximum atomic E-state index is 13.9. The third kappa shape index (κ3) is 7.66. The molecule has 0 bridgehead atoms. The van der Waals surface area contributed by atoms with E-state index in [1.165, 1.54) is 6.33 Å². The molecule has 3 aromatic rings. The third-order valence-corrected chi connectivity index (χ3v) is 8.46. The van der Waals surface area contributed by atoms with Crippen molar-refractivity contribution in [2.24, 2.45) is 0 Å². The van der Waals surface area contributed by atoms with Gasteiger partial charge in [0, 0.05) is 6.42 Å². The molecule has 1 aromatic carbocycles. The summed E-state index contributed by atoms with van der Waals surface area (Å²) in [5.41, 5.74) is 6.65. The molecule has 1 amide bonds. The summed E-state index contributed by atoms with van der Waals surface area (Å²) in [6.45, 7) is 5.42. The molecule has 1 saturated heterocycles. The number of ether oxygens (including phenoxy) is 3. The van der Waals surface area contributed by atoms with E-state index in [1.807, 2.05) is 0 Å². The van der Waals surface area contributed by atoms with E-state index in [2.05, 4.69) is 32.3 Å². The number of fused-ring (bicyclic) bond motifs is 1. The first-order valence-electron chi connectivity index (χ1n) is 13.6. The van der Waals surface area contributed by atoms with Crippen LogP contribution in [0.15, 0.2) is 36.7 Å². The van der Waals surface area contributed by atoms with Crippen LogP contribution in [0.25, 0.3) is 11.2 Å². The van der Waals surface area contributed by atoms with Gasteiger partial charge in [0.2, 0.25) is 11.9 Å². The highest BCUT2D eigenvalue weighted by Gasteiger charge is 2.35. The van der Waals surface area contributed by atoms with Crippen molar-refractivity contribution in [1.82, 2.24) is 24.6 Å². The molecule has 222 valence electrons. The number of nitrogens with zero attached hydrogens (tertiary/aromatic N) is 4. The number of benzene rings is 1. The molecule has 4 atom stereocenters. The van der Waals surface area contributed by atoms with Gasteiger partial charge in [-0.1, -0.05) is 38.0 Å². The van der Waals surface area contributed by atoms with Gasteiger partial charge < -0.3 is 29.8 Å². The molecular formula is C26H36N7O7P. The van der Waals surface area contributed by atoms with E-state index in [-0.39, 0.29) is 37.5 Å². The number of nitrogens with one attached hydrogen (secondary N) is 2. The van der Waals surface area contributed by atoms with Crippen molar-refractivity contribution in [3.05, 3.63) is 36.7 Å². The Labute approximate surface area is 237 Å². The Balaban J connectivity index is 1.45. The lowest BCUT2D eigenvalue weighted by Crippen LogP contribution is -2.37. The molecule has 1 aliphatic heterocycles. The lowest BCUT2D eigenvalue weighted by molar-refractivity contribution is -0.144. The molecule has 14 nitrogen and oxygen atoms in total. The number of aromatic nitrogens is 4. The molecule has 1 fully saturated rings. The second-order valence-corrected chi connectivity index (χ2v) is 11.5. The average molecular weight is 590 g/mol. The Hall–Kier alpha value is -3.42. The number of carbonyl (C=O) groups is 2. The number of nitrogens with two attached hydrogens (primary N) is 1. The first-order valence-corrected chi connectivity index (χ1v) is 15.2. The van der Waals surface area contributed by atoms with Crippen molar-refractivity contribution in [2.45, 2.75) is 65.0 Å². The highest BCUT2D eigenvalue weighted by molar-refractivity contribution is 7.65. The van der Waals surface area contributed by atoms with Gasteiger partial charge in [0.1, 0.15) is 12.6 Å². The van der Waals surface area contributed by atoms with Gasteiger partial charge in [-0.15, -0.1) is 0 Å². The summed E-state index contributed by atoms with van der Waals surface area (Å²) in [5.74, 6) is -0.547. The smallest absolute Gasteiger partial charge is 0.323 e. The molecule has 4 N–H and O–H groups in total. The van der Waals surface area contributed by atoms with Crippen molar-refractivity contribution in [3.63, 3.8) is 0 Å². The minimum Gasteiger partial charge on any atom is -0.465 e. The van der Waals surface area contributed by atoms with Crippen molar-refractivity contribution in [1.29, 1.82) is 0 Å². The number of imidazole rings is 1. The van der Waals surface area contributed by atoms with Crippen LogP contribution in [0.1, 0.15) is 52.7 Å². The van der Waals surface area contributed by atoms with E-state index in [4.69, 9.17) is 24.5 Å². The van der Waals surface area contributed by atoms with E-state index in [1.54, 1.807) is 48.7 Å². The van der Waals surface area contributed by atoms with Gasteiger partial charge in [-0.25, -0.2) is 10.1 Å². The fraction of sp³-hybridized carbons (Fsp3) is 0.500. The van der Waals surface area contributed by atoms with Gasteiger partial charge in [0.15, 0.2) is 29.5 Å². The number of hydrogen-bond donors (Lipinski definition) is 3. The summed E-state index contributed by atoms with van der Waals surface area (Å²) in [6.07, 6.45) is 3.05. The SMILES string of the molecule is CCCCCC(=O)Nc1nc(N)nc2c1ncn2[C@H]1CO[C@@H](COP(=O)(N[C@@H](C)C(=O)OCC)c2ccccc2)O1. The third-order valence-electron chi connectivity index (χ3n) is 6.24. The zero-order valence-electron chi connectivity index (χ0n) is 23.3. The highest BCUT2D eigenvalue weighted by Crippen LogP contribution is 2.42. The molecule has 2 aromatic heterocycles. The van der Waals surface area contributed by atoms with Crippen molar-refractivity contribution >= 4 is 47.6 Å². The Kier molecular flexibility index (Phi) is 10.4. The number of hydrogen-bond acceptors (Lipinski definition) is 11. The summed E-state index contributed by atoms with van der Waals surface area (Å²) >= 11 is 0. The van der Waals surface area contributed by atoms with Crippen LogP contribution in [-0.4, -0.2) is 63.5 Å². The van der Waals surface area contributed by atoms with Gasteiger partial charge in [-0.05, 0) is 32.4 Å². The fourth-order valence-corrected chi connectivity index (χ4v) is 6.07. The molecule has 1 unspecified atom stereocenters. The Morgan fingerprint density at radius 3 is 2.73 bits per heavy atom. The second-order valence-electron chi connectivity index (χ2n) is 9.40. The minimum atomic E-state index is -3.72. The standard InChI is InChI=1S/C26H36N7O7P/c1-4-6-8-13-19(34)29-23-22-24(31-26(27)30-23)33(16-28-22)20-14-38-21(40-20)15-39-41(36,18-11-9-7-10-12-18)32-17(3)25(35)37-5-2/h7,9-12,16-17,20-21H,4-6,8,13-15H2,1-3H3,(H,32,36)(H3,27,29,30,31,34)/t17-,20+,21+,41?/m0/s1. The zero-order chi connectivity index (χ0) is 29.4. The van der Waals surface area contributed by atoms with Crippen molar-refractivity contribution in [3.8, 4) is 0 Å². The van der Waals surface area contributed by atoms with Crippen LogP contribution in [-0.2, 0) is 32.9 Å². The minimum absolute atomic E-state index is 0.0347. The normalized spacial score (nSPS) is 19.1. The van der Waals surface area contributed by atoms with E-state index < -0.39 is 32.0 Å². The van der Waals surface area contributed by atoms with Crippen LogP contribution in [0.3, 0.4) is 0 Å². The Bertz CT molecular complexity index is 1390. The lowest BCUT2D eigenvalue weighted by Gasteiger charge is -2.24. The number of esters is 1. The number of rotatable bonds is 14.